The van der Waals surface area contributed by atoms with Crippen LogP contribution < -0.4 is 10.2 Å². The fourth-order valence-electron chi connectivity index (χ4n) is 2.97. The third-order valence-electron chi connectivity index (χ3n) is 4.63. The molecule has 2 fully saturated rings. The van der Waals surface area contributed by atoms with Crippen LogP contribution in [0, 0.1) is 6.92 Å². The zero-order chi connectivity index (χ0) is 13.9. The zero-order valence-corrected chi connectivity index (χ0v) is 12.7. The first-order valence-electron chi connectivity index (χ1n) is 7.87. The summed E-state index contributed by atoms with van der Waals surface area (Å²) in [4.78, 5) is 2.49. The molecule has 0 radical (unpaired) electrons. The van der Waals surface area contributed by atoms with E-state index in [1.165, 1.54) is 29.7 Å². The van der Waals surface area contributed by atoms with Crippen LogP contribution in [-0.4, -0.2) is 32.3 Å². The van der Waals surface area contributed by atoms with Crippen molar-refractivity contribution < 1.29 is 4.74 Å². The van der Waals surface area contributed by atoms with Gasteiger partial charge in [0.15, 0.2) is 0 Å². The number of methoxy groups -OCH3 is 1. The molecule has 3 heteroatoms. The Kier molecular flexibility index (Phi) is 4.27. The number of benzene rings is 1. The van der Waals surface area contributed by atoms with E-state index in [9.17, 15) is 0 Å². The van der Waals surface area contributed by atoms with Crippen LogP contribution in [0.4, 0.5) is 5.69 Å². The quantitative estimate of drug-likeness (QED) is 0.893. The predicted molar refractivity (Wildman–Crippen MR) is 83.3 cm³/mol. The molecule has 0 unspecified atom stereocenters. The monoisotopic (exact) mass is 274 g/mol. The highest BCUT2D eigenvalue weighted by Crippen LogP contribution is 2.25. The lowest BCUT2D eigenvalue weighted by Gasteiger charge is -2.33. The van der Waals surface area contributed by atoms with Crippen LogP contribution in [-0.2, 0) is 11.3 Å². The summed E-state index contributed by atoms with van der Waals surface area (Å²) in [5, 5.41) is 3.60. The Morgan fingerprint density at radius 3 is 2.55 bits per heavy atom. The summed E-state index contributed by atoms with van der Waals surface area (Å²) in [6, 6.07) is 7.70. The standard InChI is InChI=1S/C17H26N2O/c1-13-11-16(19-9-7-17(20-2)8-10-19)6-3-14(13)12-18-15-4-5-15/h3,6,11,15,17-18H,4-5,7-10,12H2,1-2H3. The molecule has 1 aromatic carbocycles. The van der Waals surface area contributed by atoms with Gasteiger partial charge in [0.2, 0.25) is 0 Å². The Morgan fingerprint density at radius 1 is 1.20 bits per heavy atom. The second kappa shape index (κ2) is 6.15. The molecule has 0 spiro atoms. The van der Waals surface area contributed by atoms with Gasteiger partial charge in [-0.05, 0) is 55.9 Å². The van der Waals surface area contributed by atoms with Crippen molar-refractivity contribution in [2.24, 2.45) is 0 Å². The van der Waals surface area contributed by atoms with Gasteiger partial charge in [-0.1, -0.05) is 6.07 Å². The van der Waals surface area contributed by atoms with Crippen molar-refractivity contribution in [1.29, 1.82) is 0 Å². The summed E-state index contributed by atoms with van der Waals surface area (Å²) in [5.41, 5.74) is 4.21. The van der Waals surface area contributed by atoms with Crippen molar-refractivity contribution in [3.8, 4) is 0 Å². The van der Waals surface area contributed by atoms with E-state index in [-0.39, 0.29) is 0 Å². The van der Waals surface area contributed by atoms with E-state index >= 15 is 0 Å². The largest absolute Gasteiger partial charge is 0.381 e. The smallest absolute Gasteiger partial charge is 0.0605 e. The summed E-state index contributed by atoms with van der Waals surface area (Å²) in [6.45, 7) is 5.47. The van der Waals surface area contributed by atoms with Crippen LogP contribution in [0.2, 0.25) is 0 Å². The van der Waals surface area contributed by atoms with Crippen LogP contribution in [0.5, 0.6) is 0 Å². The molecule has 20 heavy (non-hydrogen) atoms. The van der Waals surface area contributed by atoms with E-state index in [0.717, 1.165) is 38.5 Å². The summed E-state index contributed by atoms with van der Waals surface area (Å²) in [6.07, 6.45) is 5.44. The summed E-state index contributed by atoms with van der Waals surface area (Å²) >= 11 is 0. The van der Waals surface area contributed by atoms with Gasteiger partial charge in [-0.25, -0.2) is 0 Å². The van der Waals surface area contributed by atoms with Crippen LogP contribution in [0.1, 0.15) is 36.8 Å². The van der Waals surface area contributed by atoms with E-state index in [2.05, 4.69) is 35.3 Å². The van der Waals surface area contributed by atoms with Gasteiger partial charge >= 0.3 is 0 Å². The summed E-state index contributed by atoms with van der Waals surface area (Å²) in [5.74, 6) is 0. The Labute approximate surface area is 122 Å². The van der Waals surface area contributed by atoms with E-state index < -0.39 is 0 Å². The maximum absolute atomic E-state index is 5.44. The first kappa shape index (κ1) is 13.9. The molecule has 2 aliphatic rings. The minimum Gasteiger partial charge on any atom is -0.381 e. The van der Waals surface area contributed by atoms with Gasteiger partial charge in [-0.2, -0.15) is 0 Å². The third-order valence-corrected chi connectivity index (χ3v) is 4.63. The molecule has 1 saturated heterocycles. The fraction of sp³-hybridized carbons (Fsp3) is 0.647. The first-order chi connectivity index (χ1) is 9.76. The molecule has 0 atom stereocenters. The van der Waals surface area contributed by atoms with Gasteiger partial charge in [0.1, 0.15) is 0 Å². The molecular weight excluding hydrogens is 248 g/mol. The van der Waals surface area contributed by atoms with E-state index in [1.807, 2.05) is 7.11 Å². The van der Waals surface area contributed by atoms with Crippen LogP contribution in [0.3, 0.4) is 0 Å². The molecule has 1 aromatic rings. The molecule has 0 aromatic heterocycles. The summed E-state index contributed by atoms with van der Waals surface area (Å²) < 4.78 is 5.44. The van der Waals surface area contributed by atoms with Crippen molar-refractivity contribution in [2.75, 3.05) is 25.1 Å². The Balaban J connectivity index is 1.60. The topological polar surface area (TPSA) is 24.5 Å². The Hall–Kier alpha value is -1.06. The average Bonchev–Trinajstić information content (AvgIpc) is 3.30. The van der Waals surface area contributed by atoms with Gasteiger partial charge in [-0.15, -0.1) is 0 Å². The minimum absolute atomic E-state index is 0.453. The normalized spacial score (nSPS) is 20.4. The van der Waals surface area contributed by atoms with Crippen LogP contribution in [0.15, 0.2) is 18.2 Å². The average molecular weight is 274 g/mol. The molecule has 110 valence electrons. The van der Waals surface area contributed by atoms with Crippen molar-refractivity contribution in [3.05, 3.63) is 29.3 Å². The maximum atomic E-state index is 5.44. The van der Waals surface area contributed by atoms with Gasteiger partial charge < -0.3 is 15.0 Å². The first-order valence-corrected chi connectivity index (χ1v) is 7.87. The number of nitrogens with one attached hydrogen (secondary N) is 1. The van der Waals surface area contributed by atoms with Crippen molar-refractivity contribution in [2.45, 2.75) is 51.3 Å². The fourth-order valence-corrected chi connectivity index (χ4v) is 2.97. The molecule has 1 N–H and O–H groups in total. The van der Waals surface area contributed by atoms with E-state index in [0.29, 0.717) is 6.10 Å². The van der Waals surface area contributed by atoms with Crippen LogP contribution in [0.25, 0.3) is 0 Å². The summed E-state index contributed by atoms with van der Waals surface area (Å²) in [7, 11) is 1.83. The van der Waals surface area contributed by atoms with Crippen molar-refractivity contribution in [1.82, 2.24) is 5.32 Å². The molecular formula is C17H26N2O. The lowest BCUT2D eigenvalue weighted by Crippen LogP contribution is -2.36. The van der Waals surface area contributed by atoms with Gasteiger partial charge in [0.25, 0.3) is 0 Å². The Morgan fingerprint density at radius 2 is 1.95 bits per heavy atom. The van der Waals surface area contributed by atoms with Gasteiger partial charge in [0.05, 0.1) is 6.10 Å². The molecule has 1 aliphatic carbocycles. The van der Waals surface area contributed by atoms with Gasteiger partial charge in [-0.3, -0.25) is 0 Å². The molecule has 0 amide bonds. The second-order valence-electron chi connectivity index (χ2n) is 6.19. The number of nitrogens with zero attached hydrogens (tertiary/aromatic N) is 1. The van der Waals surface area contributed by atoms with E-state index in [1.54, 1.807) is 0 Å². The third kappa shape index (κ3) is 3.33. The minimum atomic E-state index is 0.453. The van der Waals surface area contributed by atoms with Crippen molar-refractivity contribution in [3.63, 3.8) is 0 Å². The number of anilines is 1. The maximum Gasteiger partial charge on any atom is 0.0605 e. The highest BCUT2D eigenvalue weighted by Gasteiger charge is 2.21. The highest BCUT2D eigenvalue weighted by atomic mass is 16.5. The van der Waals surface area contributed by atoms with Crippen LogP contribution >= 0.6 is 0 Å². The van der Waals surface area contributed by atoms with Crippen molar-refractivity contribution >= 4 is 5.69 Å². The Bertz CT molecular complexity index is 448. The molecule has 0 bridgehead atoms. The molecule has 1 saturated carbocycles. The number of hydrogen-bond acceptors (Lipinski definition) is 3. The number of ether oxygens (including phenoxy) is 1. The number of piperidine rings is 1. The highest BCUT2D eigenvalue weighted by molar-refractivity contribution is 5.51. The lowest BCUT2D eigenvalue weighted by atomic mass is 10.0. The second-order valence-corrected chi connectivity index (χ2v) is 6.19. The SMILES string of the molecule is COC1CCN(c2ccc(CNC3CC3)c(C)c2)CC1. The number of hydrogen-bond donors (Lipinski definition) is 1. The van der Waals surface area contributed by atoms with E-state index in [4.69, 9.17) is 4.74 Å². The molecule has 1 heterocycles. The zero-order valence-electron chi connectivity index (χ0n) is 12.7. The number of rotatable bonds is 5. The predicted octanol–water partition coefficient (Wildman–Crippen LogP) is 2.86. The molecule has 1 aliphatic heterocycles. The number of aryl methyl sites for hydroxylation is 1. The molecule has 3 rings (SSSR count). The molecule has 3 nitrogen and oxygen atoms in total. The van der Waals surface area contributed by atoms with Gasteiger partial charge in [0, 0.05) is 38.5 Å². The lowest BCUT2D eigenvalue weighted by molar-refractivity contribution is 0.0819.